The summed E-state index contributed by atoms with van der Waals surface area (Å²) in [7, 11) is 1.47. The number of aromatic nitrogens is 2. The first-order valence-corrected chi connectivity index (χ1v) is 12.0. The zero-order valence-corrected chi connectivity index (χ0v) is 21.9. The summed E-state index contributed by atoms with van der Waals surface area (Å²) in [5, 5.41) is 4.85. The van der Waals surface area contributed by atoms with Gasteiger partial charge in [0.05, 0.1) is 41.4 Å². The second-order valence-corrected chi connectivity index (χ2v) is 10.2. The van der Waals surface area contributed by atoms with Crippen LogP contribution in [0, 0.1) is 5.41 Å². The van der Waals surface area contributed by atoms with E-state index in [0.29, 0.717) is 29.2 Å². The maximum Gasteiger partial charge on any atom is 0.416 e. The number of hydrogen-bond acceptors (Lipinski definition) is 5. The van der Waals surface area contributed by atoms with E-state index in [4.69, 9.17) is 21.1 Å². The number of nitrogens with zero attached hydrogens (tertiary/aromatic N) is 3. The van der Waals surface area contributed by atoms with Crippen LogP contribution in [-0.2, 0) is 6.18 Å². The third-order valence-electron chi connectivity index (χ3n) is 5.43. The standard InChI is InChI=1S/C28H25ClF3N3O3/c1-27(2,3)16-38-24-21(29)12-17(13-23(24)37-4)15-33-35-25(18-8-7-9-19(14-18)28(30,31)32)34-22-11-6-5-10-20(22)26(35)36/h5-15H,16H2,1-4H3. The van der Waals surface area contributed by atoms with Crippen molar-refractivity contribution < 1.29 is 22.6 Å². The second-order valence-electron chi connectivity index (χ2n) is 9.78. The maximum absolute atomic E-state index is 13.4. The molecule has 3 aromatic carbocycles. The highest BCUT2D eigenvalue weighted by atomic mass is 35.5. The first kappa shape index (κ1) is 27.2. The summed E-state index contributed by atoms with van der Waals surface area (Å²) in [5.41, 5.74) is -0.621. The van der Waals surface area contributed by atoms with Crippen molar-refractivity contribution >= 4 is 28.7 Å². The molecule has 0 radical (unpaired) electrons. The highest BCUT2D eigenvalue weighted by molar-refractivity contribution is 6.32. The molecule has 0 amide bonds. The normalized spacial score (nSPS) is 12.3. The summed E-state index contributed by atoms with van der Waals surface area (Å²) in [6.45, 7) is 6.46. The molecule has 198 valence electrons. The SMILES string of the molecule is COc1cc(C=Nn2c(-c3cccc(C(F)(F)F)c3)nc3ccccc3c2=O)cc(Cl)c1OCC(C)(C)C. The third-order valence-corrected chi connectivity index (χ3v) is 5.71. The summed E-state index contributed by atoms with van der Waals surface area (Å²) in [6, 6.07) is 14.4. The van der Waals surface area contributed by atoms with Crippen molar-refractivity contribution in [2.45, 2.75) is 26.9 Å². The molecule has 1 aromatic heterocycles. The van der Waals surface area contributed by atoms with Crippen molar-refractivity contribution in [3.05, 3.63) is 87.2 Å². The lowest BCUT2D eigenvalue weighted by Crippen LogP contribution is -2.20. The summed E-state index contributed by atoms with van der Waals surface area (Å²) in [6.07, 6.45) is -3.21. The number of benzene rings is 3. The van der Waals surface area contributed by atoms with Gasteiger partial charge < -0.3 is 9.47 Å². The molecular formula is C28H25ClF3N3O3. The Hall–Kier alpha value is -3.85. The van der Waals surface area contributed by atoms with Gasteiger partial charge in [0, 0.05) is 5.56 Å². The first-order chi connectivity index (χ1) is 17.9. The van der Waals surface area contributed by atoms with Crippen LogP contribution in [-0.4, -0.2) is 29.6 Å². The molecule has 6 nitrogen and oxygen atoms in total. The van der Waals surface area contributed by atoms with Crippen LogP contribution in [0.2, 0.25) is 5.02 Å². The highest BCUT2D eigenvalue weighted by Gasteiger charge is 2.31. The van der Waals surface area contributed by atoms with Crippen LogP contribution in [0.25, 0.3) is 22.3 Å². The van der Waals surface area contributed by atoms with E-state index in [1.54, 1.807) is 36.4 Å². The zero-order valence-electron chi connectivity index (χ0n) is 21.1. The zero-order chi connectivity index (χ0) is 27.7. The average molecular weight is 544 g/mol. The van der Waals surface area contributed by atoms with Crippen molar-refractivity contribution in [1.82, 2.24) is 9.66 Å². The molecule has 0 unspecified atom stereocenters. The number of methoxy groups -OCH3 is 1. The number of ether oxygens (including phenoxy) is 2. The molecule has 38 heavy (non-hydrogen) atoms. The monoisotopic (exact) mass is 543 g/mol. The summed E-state index contributed by atoms with van der Waals surface area (Å²) >= 11 is 6.47. The third kappa shape index (κ3) is 5.99. The lowest BCUT2D eigenvalue weighted by Gasteiger charge is -2.21. The minimum Gasteiger partial charge on any atom is -0.493 e. The van der Waals surface area contributed by atoms with Crippen LogP contribution in [0.3, 0.4) is 0 Å². The molecule has 4 aromatic rings. The average Bonchev–Trinajstić information content (AvgIpc) is 2.86. The summed E-state index contributed by atoms with van der Waals surface area (Å²) in [4.78, 5) is 17.8. The second kappa shape index (κ2) is 10.5. The van der Waals surface area contributed by atoms with Gasteiger partial charge in [0.25, 0.3) is 5.56 Å². The number of alkyl halides is 3. The molecule has 1 heterocycles. The number of rotatable bonds is 6. The van der Waals surface area contributed by atoms with Crippen molar-refractivity contribution in [2.75, 3.05) is 13.7 Å². The Morgan fingerprint density at radius 1 is 1.05 bits per heavy atom. The van der Waals surface area contributed by atoms with Gasteiger partial charge in [-0.2, -0.15) is 22.9 Å². The van der Waals surface area contributed by atoms with Gasteiger partial charge in [0.15, 0.2) is 17.3 Å². The van der Waals surface area contributed by atoms with E-state index in [1.807, 2.05) is 20.8 Å². The molecule has 0 aliphatic heterocycles. The largest absolute Gasteiger partial charge is 0.493 e. The van der Waals surface area contributed by atoms with Gasteiger partial charge in [-0.3, -0.25) is 4.79 Å². The fourth-order valence-electron chi connectivity index (χ4n) is 3.62. The van der Waals surface area contributed by atoms with E-state index in [-0.39, 0.29) is 27.2 Å². The smallest absolute Gasteiger partial charge is 0.416 e. The first-order valence-electron chi connectivity index (χ1n) is 11.6. The Morgan fingerprint density at radius 3 is 2.47 bits per heavy atom. The van der Waals surface area contributed by atoms with Gasteiger partial charge in [-0.15, -0.1) is 0 Å². The molecule has 10 heteroatoms. The van der Waals surface area contributed by atoms with E-state index < -0.39 is 17.3 Å². The number of halogens is 4. The Morgan fingerprint density at radius 2 is 1.79 bits per heavy atom. The number of fused-ring (bicyclic) bond motifs is 1. The number of para-hydroxylation sites is 1. The topological polar surface area (TPSA) is 65.7 Å². The predicted molar refractivity (Wildman–Crippen MR) is 142 cm³/mol. The van der Waals surface area contributed by atoms with E-state index in [9.17, 15) is 18.0 Å². The molecule has 0 saturated heterocycles. The molecular weight excluding hydrogens is 519 g/mol. The molecule has 0 saturated carbocycles. The summed E-state index contributed by atoms with van der Waals surface area (Å²) in [5.74, 6) is 0.694. The van der Waals surface area contributed by atoms with Crippen LogP contribution >= 0.6 is 11.6 Å². The van der Waals surface area contributed by atoms with E-state index in [2.05, 4.69) is 10.1 Å². The summed E-state index contributed by atoms with van der Waals surface area (Å²) < 4.78 is 52.5. The van der Waals surface area contributed by atoms with Crippen LogP contribution in [0.4, 0.5) is 13.2 Å². The van der Waals surface area contributed by atoms with Crippen LogP contribution < -0.4 is 15.0 Å². The minimum atomic E-state index is -4.56. The Kier molecular flexibility index (Phi) is 7.51. The van der Waals surface area contributed by atoms with Crippen LogP contribution in [0.15, 0.2) is 70.6 Å². The van der Waals surface area contributed by atoms with Crippen LogP contribution in [0.1, 0.15) is 31.9 Å². The molecule has 0 bridgehead atoms. The number of hydrogen-bond donors (Lipinski definition) is 0. The van der Waals surface area contributed by atoms with Crippen molar-refractivity contribution in [3.63, 3.8) is 0 Å². The van der Waals surface area contributed by atoms with Crippen molar-refractivity contribution in [3.8, 4) is 22.9 Å². The molecule has 0 atom stereocenters. The Labute approximate surface area is 222 Å². The maximum atomic E-state index is 13.4. The molecule has 0 N–H and O–H groups in total. The van der Waals surface area contributed by atoms with E-state index in [0.717, 1.165) is 16.8 Å². The predicted octanol–water partition coefficient (Wildman–Crippen LogP) is 7.05. The molecule has 0 aliphatic carbocycles. The lowest BCUT2D eigenvalue weighted by atomic mass is 9.99. The van der Waals surface area contributed by atoms with Gasteiger partial charge >= 0.3 is 6.18 Å². The van der Waals surface area contributed by atoms with E-state index in [1.165, 1.54) is 25.5 Å². The van der Waals surface area contributed by atoms with Gasteiger partial charge in [0.1, 0.15) is 0 Å². The van der Waals surface area contributed by atoms with Crippen molar-refractivity contribution in [2.24, 2.45) is 10.5 Å². The van der Waals surface area contributed by atoms with Crippen LogP contribution in [0.5, 0.6) is 11.5 Å². The quantitative estimate of drug-likeness (QED) is 0.244. The van der Waals surface area contributed by atoms with Gasteiger partial charge in [-0.05, 0) is 47.4 Å². The van der Waals surface area contributed by atoms with Gasteiger partial charge in [0.2, 0.25) is 0 Å². The highest BCUT2D eigenvalue weighted by Crippen LogP contribution is 2.37. The fourth-order valence-corrected chi connectivity index (χ4v) is 3.89. The van der Waals surface area contributed by atoms with Gasteiger partial charge in [-0.1, -0.05) is 56.6 Å². The molecule has 4 rings (SSSR count). The molecule has 0 spiro atoms. The lowest BCUT2D eigenvalue weighted by molar-refractivity contribution is -0.137. The molecule has 0 fully saturated rings. The Bertz CT molecular complexity index is 1570. The van der Waals surface area contributed by atoms with Gasteiger partial charge in [-0.25, -0.2) is 4.98 Å². The van der Waals surface area contributed by atoms with Crippen molar-refractivity contribution in [1.29, 1.82) is 0 Å². The van der Waals surface area contributed by atoms with E-state index >= 15 is 0 Å². The molecule has 0 aliphatic rings. The minimum absolute atomic E-state index is 0.0424. The fraction of sp³-hybridized carbons (Fsp3) is 0.250. The Balaban J connectivity index is 1.83.